The molecule has 1 heteroatoms. The Labute approximate surface area is 85.3 Å². The van der Waals surface area contributed by atoms with Gasteiger partial charge in [-0.1, -0.05) is 70.3 Å². The molecule has 1 spiro atoms. The molecule has 1 saturated carbocycles. The average Bonchev–Trinajstić information content (AvgIpc) is 2.50. The van der Waals surface area contributed by atoms with E-state index in [9.17, 15) is 0 Å². The van der Waals surface area contributed by atoms with E-state index >= 15 is 0 Å². The smallest absolute Gasteiger partial charge is 0.0455 e. The minimum absolute atomic E-state index is 0.854. The number of rotatable bonds is 0. The standard InChI is InChI=1S/C12H22Si/c1-2-5-9-12(8-4-1)10-6-3-7-11-13-12/h1-11H2. The molecule has 74 valence electrons. The zero-order chi connectivity index (χ0) is 8.99. The van der Waals surface area contributed by atoms with Crippen LogP contribution in [-0.2, 0) is 0 Å². The summed E-state index contributed by atoms with van der Waals surface area (Å²) in [5, 5.41) is 0.854. The largest absolute Gasteiger partial charge is 0.0607 e. The minimum Gasteiger partial charge on any atom is -0.0607 e. The summed E-state index contributed by atoms with van der Waals surface area (Å²) in [6.07, 6.45) is 15.4. The van der Waals surface area contributed by atoms with Crippen molar-refractivity contribution in [2.75, 3.05) is 0 Å². The zero-order valence-corrected chi connectivity index (χ0v) is 9.78. The van der Waals surface area contributed by atoms with Crippen molar-refractivity contribution in [3.8, 4) is 0 Å². The Morgan fingerprint density at radius 1 is 0.615 bits per heavy atom. The Kier molecular flexibility index (Phi) is 3.48. The first-order valence-corrected chi connectivity index (χ1v) is 7.37. The second kappa shape index (κ2) is 4.63. The molecule has 2 rings (SSSR count). The summed E-state index contributed by atoms with van der Waals surface area (Å²) in [5.74, 6) is 0. The Morgan fingerprint density at radius 3 is 1.77 bits per heavy atom. The summed E-state index contributed by atoms with van der Waals surface area (Å²) in [6, 6.07) is 1.56. The van der Waals surface area contributed by atoms with Crippen molar-refractivity contribution in [2.24, 2.45) is 0 Å². The third-order valence-corrected chi connectivity index (χ3v) is 6.00. The molecule has 2 radical (unpaired) electrons. The van der Waals surface area contributed by atoms with E-state index in [2.05, 4.69) is 0 Å². The monoisotopic (exact) mass is 194 g/mol. The van der Waals surface area contributed by atoms with Crippen LogP contribution in [0, 0.1) is 0 Å². The maximum Gasteiger partial charge on any atom is 0.0455 e. The highest BCUT2D eigenvalue weighted by Crippen LogP contribution is 2.47. The van der Waals surface area contributed by atoms with Crippen molar-refractivity contribution in [2.45, 2.75) is 75.3 Å². The van der Waals surface area contributed by atoms with Gasteiger partial charge in [0.25, 0.3) is 0 Å². The number of hydrogen-bond acceptors (Lipinski definition) is 0. The van der Waals surface area contributed by atoms with Gasteiger partial charge < -0.3 is 0 Å². The predicted molar refractivity (Wildman–Crippen MR) is 59.4 cm³/mol. The molecule has 0 unspecified atom stereocenters. The maximum absolute atomic E-state index is 1.57. The van der Waals surface area contributed by atoms with E-state index in [-0.39, 0.29) is 0 Å². The van der Waals surface area contributed by atoms with Crippen LogP contribution in [0.15, 0.2) is 0 Å². The summed E-state index contributed by atoms with van der Waals surface area (Å²) >= 11 is 0. The van der Waals surface area contributed by atoms with Crippen molar-refractivity contribution in [1.29, 1.82) is 0 Å². The summed E-state index contributed by atoms with van der Waals surface area (Å²) in [6.45, 7) is 0. The molecule has 0 aromatic rings. The molecule has 1 aliphatic heterocycles. The Balaban J connectivity index is 1.97. The second-order valence-corrected chi connectivity index (χ2v) is 6.85. The van der Waals surface area contributed by atoms with Crippen LogP contribution < -0.4 is 0 Å². The third kappa shape index (κ3) is 2.58. The molecular formula is C12H22Si. The van der Waals surface area contributed by atoms with E-state index in [4.69, 9.17) is 0 Å². The first-order chi connectivity index (χ1) is 6.41. The molecule has 0 N–H and O–H groups in total. The SMILES string of the molecule is C1CCCC2(CC1)CCCCC[Si]2. The van der Waals surface area contributed by atoms with Crippen LogP contribution in [0.1, 0.15) is 64.2 Å². The van der Waals surface area contributed by atoms with Crippen LogP contribution in [0.25, 0.3) is 0 Å². The lowest BCUT2D eigenvalue weighted by Crippen LogP contribution is -2.18. The highest BCUT2D eigenvalue weighted by Gasteiger charge is 2.31. The molecule has 0 bridgehead atoms. The van der Waals surface area contributed by atoms with Crippen molar-refractivity contribution in [3.05, 3.63) is 0 Å². The minimum atomic E-state index is 0.854. The molecule has 1 aliphatic carbocycles. The van der Waals surface area contributed by atoms with Crippen molar-refractivity contribution in [1.82, 2.24) is 0 Å². The Bertz CT molecular complexity index is 116. The van der Waals surface area contributed by atoms with E-state index < -0.39 is 0 Å². The molecule has 2 aliphatic rings. The van der Waals surface area contributed by atoms with Gasteiger partial charge in [-0.25, -0.2) is 0 Å². The van der Waals surface area contributed by atoms with Gasteiger partial charge in [0.1, 0.15) is 0 Å². The third-order valence-electron chi connectivity index (χ3n) is 3.89. The molecule has 0 aromatic carbocycles. The average molecular weight is 194 g/mol. The lowest BCUT2D eigenvalue weighted by atomic mass is 9.92. The van der Waals surface area contributed by atoms with Gasteiger partial charge in [0.2, 0.25) is 0 Å². The molecule has 0 aromatic heterocycles. The summed E-state index contributed by atoms with van der Waals surface area (Å²) in [5.41, 5.74) is 0. The van der Waals surface area contributed by atoms with Gasteiger partial charge in [0.15, 0.2) is 0 Å². The predicted octanol–water partition coefficient (Wildman–Crippen LogP) is 4.20. The second-order valence-electron chi connectivity index (χ2n) is 4.93. The zero-order valence-electron chi connectivity index (χ0n) is 8.78. The number of hydrogen-bond donors (Lipinski definition) is 0. The van der Waals surface area contributed by atoms with Crippen LogP contribution in [0.3, 0.4) is 0 Å². The van der Waals surface area contributed by atoms with Gasteiger partial charge in [-0.3, -0.25) is 0 Å². The van der Waals surface area contributed by atoms with E-state index in [1.165, 1.54) is 54.5 Å². The normalized spacial score (nSPS) is 29.5. The lowest BCUT2D eigenvalue weighted by Gasteiger charge is -2.30. The molecule has 2 fully saturated rings. The highest BCUT2D eigenvalue weighted by molar-refractivity contribution is 6.40. The molecule has 0 atom stereocenters. The van der Waals surface area contributed by atoms with Gasteiger partial charge in [-0.2, -0.15) is 0 Å². The topological polar surface area (TPSA) is 0 Å². The van der Waals surface area contributed by atoms with E-state index in [1.54, 1.807) is 25.3 Å². The van der Waals surface area contributed by atoms with Crippen LogP contribution in [0.2, 0.25) is 11.1 Å². The van der Waals surface area contributed by atoms with Crippen LogP contribution in [0.5, 0.6) is 0 Å². The molecule has 1 heterocycles. The summed E-state index contributed by atoms with van der Waals surface area (Å²) in [4.78, 5) is 0. The maximum atomic E-state index is 1.57. The van der Waals surface area contributed by atoms with Crippen molar-refractivity contribution in [3.63, 3.8) is 0 Å². The molecule has 0 nitrogen and oxygen atoms in total. The Morgan fingerprint density at radius 2 is 1.15 bits per heavy atom. The van der Waals surface area contributed by atoms with Gasteiger partial charge in [-0.05, 0) is 5.04 Å². The van der Waals surface area contributed by atoms with Crippen LogP contribution >= 0.6 is 0 Å². The summed E-state index contributed by atoms with van der Waals surface area (Å²) < 4.78 is 0. The van der Waals surface area contributed by atoms with E-state index in [0.29, 0.717) is 0 Å². The van der Waals surface area contributed by atoms with Gasteiger partial charge in [0, 0.05) is 9.52 Å². The van der Waals surface area contributed by atoms with Crippen LogP contribution in [-0.4, -0.2) is 9.52 Å². The fourth-order valence-electron chi connectivity index (χ4n) is 3.04. The van der Waals surface area contributed by atoms with Gasteiger partial charge in [0.05, 0.1) is 0 Å². The molecule has 13 heavy (non-hydrogen) atoms. The van der Waals surface area contributed by atoms with E-state index in [1.807, 2.05) is 0 Å². The first kappa shape index (κ1) is 9.76. The van der Waals surface area contributed by atoms with E-state index in [0.717, 1.165) is 5.04 Å². The summed E-state index contributed by atoms with van der Waals surface area (Å²) in [7, 11) is 1.31. The van der Waals surface area contributed by atoms with Crippen molar-refractivity contribution < 1.29 is 0 Å². The first-order valence-electron chi connectivity index (χ1n) is 6.16. The van der Waals surface area contributed by atoms with Gasteiger partial charge in [-0.15, -0.1) is 0 Å². The fourth-order valence-corrected chi connectivity index (χ4v) is 5.06. The van der Waals surface area contributed by atoms with Crippen molar-refractivity contribution >= 4 is 9.52 Å². The lowest BCUT2D eigenvalue weighted by molar-refractivity contribution is 0.437. The highest BCUT2D eigenvalue weighted by atomic mass is 28.2. The molecular weight excluding hydrogens is 172 g/mol. The quantitative estimate of drug-likeness (QED) is 0.507. The molecule has 0 amide bonds. The van der Waals surface area contributed by atoms with Gasteiger partial charge >= 0.3 is 0 Å². The Hall–Kier alpha value is 0.217. The fraction of sp³-hybridized carbons (Fsp3) is 1.00. The molecule has 1 saturated heterocycles. The van der Waals surface area contributed by atoms with Crippen LogP contribution in [0.4, 0.5) is 0 Å².